The summed E-state index contributed by atoms with van der Waals surface area (Å²) in [5.41, 5.74) is 0.351. The molecule has 1 aliphatic rings. The second-order valence-corrected chi connectivity index (χ2v) is 7.60. The van der Waals surface area contributed by atoms with Gasteiger partial charge in [0.25, 0.3) is 0 Å². The standard InChI is InChI=1S/C24H36O7/c1-3-29-24(26)21(13-9-15-30-19-10-5-4-6-11-19)23(25)20-12-7-8-14-22(20)31-18-28-17-16-27-2/h7-8,12,14,19,21H,3-6,9-11,13,15-18H2,1-2H3. The predicted molar refractivity (Wildman–Crippen MR) is 116 cm³/mol. The van der Waals surface area contributed by atoms with Crippen molar-refractivity contribution >= 4 is 11.8 Å². The first-order valence-corrected chi connectivity index (χ1v) is 11.3. The van der Waals surface area contributed by atoms with Crippen molar-refractivity contribution in [2.24, 2.45) is 5.92 Å². The molecule has 0 N–H and O–H groups in total. The number of hydrogen-bond acceptors (Lipinski definition) is 7. The Morgan fingerprint density at radius 3 is 2.58 bits per heavy atom. The Hall–Kier alpha value is -1.96. The van der Waals surface area contributed by atoms with Gasteiger partial charge in [0, 0.05) is 13.7 Å². The summed E-state index contributed by atoms with van der Waals surface area (Å²) in [6.45, 7) is 3.34. The highest BCUT2D eigenvalue weighted by Gasteiger charge is 2.30. The number of benzene rings is 1. The molecule has 7 heteroatoms. The Bertz CT molecular complexity index is 655. The molecule has 0 bridgehead atoms. The Kier molecular flexibility index (Phi) is 12.2. The number of methoxy groups -OCH3 is 1. The lowest BCUT2D eigenvalue weighted by atomic mass is 9.92. The van der Waals surface area contributed by atoms with Crippen molar-refractivity contribution in [3.05, 3.63) is 29.8 Å². The van der Waals surface area contributed by atoms with E-state index in [1.165, 1.54) is 19.3 Å². The molecular formula is C24H36O7. The number of carbonyl (C=O) groups excluding carboxylic acids is 2. The van der Waals surface area contributed by atoms with Crippen LogP contribution in [0.1, 0.15) is 62.2 Å². The minimum atomic E-state index is -0.880. The molecule has 0 saturated heterocycles. The largest absolute Gasteiger partial charge is 0.467 e. The number of hydrogen-bond donors (Lipinski definition) is 0. The second-order valence-electron chi connectivity index (χ2n) is 7.60. The van der Waals surface area contributed by atoms with Crippen LogP contribution in [-0.2, 0) is 23.7 Å². The smallest absolute Gasteiger partial charge is 0.316 e. The zero-order valence-electron chi connectivity index (χ0n) is 18.8. The summed E-state index contributed by atoms with van der Waals surface area (Å²) in [5.74, 6) is -1.30. The monoisotopic (exact) mass is 436 g/mol. The summed E-state index contributed by atoms with van der Waals surface area (Å²) in [5, 5.41) is 0. The van der Waals surface area contributed by atoms with Crippen LogP contribution in [0.3, 0.4) is 0 Å². The van der Waals surface area contributed by atoms with Gasteiger partial charge < -0.3 is 23.7 Å². The molecule has 1 fully saturated rings. The van der Waals surface area contributed by atoms with E-state index in [4.69, 9.17) is 23.7 Å². The molecule has 0 radical (unpaired) electrons. The molecule has 174 valence electrons. The van der Waals surface area contributed by atoms with E-state index in [1.54, 1.807) is 38.3 Å². The lowest BCUT2D eigenvalue weighted by Gasteiger charge is -2.22. The van der Waals surface area contributed by atoms with Gasteiger partial charge in [-0.3, -0.25) is 9.59 Å². The molecule has 1 unspecified atom stereocenters. The molecule has 1 aliphatic carbocycles. The number of carbonyl (C=O) groups is 2. The maximum Gasteiger partial charge on any atom is 0.316 e. The van der Waals surface area contributed by atoms with Gasteiger partial charge in [-0.1, -0.05) is 31.4 Å². The molecule has 31 heavy (non-hydrogen) atoms. The zero-order chi connectivity index (χ0) is 22.3. The fraction of sp³-hybridized carbons (Fsp3) is 0.667. The van der Waals surface area contributed by atoms with Gasteiger partial charge in [0.1, 0.15) is 11.7 Å². The van der Waals surface area contributed by atoms with E-state index >= 15 is 0 Å². The van der Waals surface area contributed by atoms with E-state index < -0.39 is 11.9 Å². The maximum absolute atomic E-state index is 13.2. The number of esters is 1. The Labute approximate surface area is 185 Å². The number of ketones is 1. The SMILES string of the molecule is CCOC(=O)C(CCCOC1CCCCC1)C(=O)c1ccccc1OCOCCOC. The summed E-state index contributed by atoms with van der Waals surface area (Å²) in [7, 11) is 1.59. The van der Waals surface area contributed by atoms with Gasteiger partial charge in [-0.2, -0.15) is 0 Å². The van der Waals surface area contributed by atoms with Crippen molar-refractivity contribution in [3.8, 4) is 5.75 Å². The fourth-order valence-electron chi connectivity index (χ4n) is 3.66. The summed E-state index contributed by atoms with van der Waals surface area (Å²) in [6, 6.07) is 6.89. The van der Waals surface area contributed by atoms with Crippen LogP contribution in [0.5, 0.6) is 5.75 Å². The average Bonchev–Trinajstić information content (AvgIpc) is 2.79. The molecule has 0 aliphatic heterocycles. The molecule has 0 aromatic heterocycles. The summed E-state index contributed by atoms with van der Waals surface area (Å²) >= 11 is 0. The van der Waals surface area contributed by atoms with Gasteiger partial charge in [-0.05, 0) is 44.7 Å². The molecule has 1 atom stereocenters. The van der Waals surface area contributed by atoms with Gasteiger partial charge >= 0.3 is 5.97 Å². The number of rotatable bonds is 15. The molecule has 1 saturated carbocycles. The van der Waals surface area contributed by atoms with Gasteiger partial charge in [-0.25, -0.2) is 0 Å². The van der Waals surface area contributed by atoms with Gasteiger partial charge in [-0.15, -0.1) is 0 Å². The third kappa shape index (κ3) is 8.97. The van der Waals surface area contributed by atoms with Crippen LogP contribution in [-0.4, -0.2) is 58.2 Å². The van der Waals surface area contributed by atoms with E-state index in [2.05, 4.69) is 0 Å². The first-order chi connectivity index (χ1) is 15.2. The van der Waals surface area contributed by atoms with Crippen molar-refractivity contribution in [2.45, 2.75) is 58.0 Å². The van der Waals surface area contributed by atoms with Crippen LogP contribution in [0.25, 0.3) is 0 Å². The Morgan fingerprint density at radius 1 is 1.06 bits per heavy atom. The van der Waals surface area contributed by atoms with Crippen molar-refractivity contribution in [2.75, 3.05) is 40.3 Å². The molecule has 2 rings (SSSR count). The van der Waals surface area contributed by atoms with E-state index in [0.29, 0.717) is 50.1 Å². The first kappa shape index (κ1) is 25.3. The highest BCUT2D eigenvalue weighted by molar-refractivity contribution is 6.10. The molecule has 7 nitrogen and oxygen atoms in total. The van der Waals surface area contributed by atoms with E-state index in [-0.39, 0.29) is 19.2 Å². The quantitative estimate of drug-likeness (QED) is 0.134. The lowest BCUT2D eigenvalue weighted by molar-refractivity contribution is -0.146. The third-order valence-electron chi connectivity index (χ3n) is 5.31. The van der Waals surface area contributed by atoms with Crippen LogP contribution < -0.4 is 4.74 Å². The molecular weight excluding hydrogens is 400 g/mol. The van der Waals surface area contributed by atoms with Crippen LogP contribution >= 0.6 is 0 Å². The Balaban J connectivity index is 1.95. The number of Topliss-reactive ketones (excluding diaryl/α,β-unsaturated/α-hetero) is 1. The topological polar surface area (TPSA) is 80.3 Å². The number of para-hydroxylation sites is 1. The van der Waals surface area contributed by atoms with Crippen LogP contribution in [0.4, 0.5) is 0 Å². The normalized spacial score (nSPS) is 15.4. The minimum absolute atomic E-state index is 0.00699. The number of ether oxygens (including phenoxy) is 5. The van der Waals surface area contributed by atoms with Crippen molar-refractivity contribution in [3.63, 3.8) is 0 Å². The van der Waals surface area contributed by atoms with E-state index in [1.807, 2.05) is 0 Å². The lowest BCUT2D eigenvalue weighted by Crippen LogP contribution is -2.27. The summed E-state index contributed by atoms with van der Waals surface area (Å²) in [6.07, 6.45) is 7.18. The molecule has 1 aromatic rings. The zero-order valence-corrected chi connectivity index (χ0v) is 18.8. The summed E-state index contributed by atoms with van der Waals surface area (Å²) in [4.78, 5) is 25.8. The predicted octanol–water partition coefficient (Wildman–Crippen LogP) is 4.18. The molecule has 1 aromatic carbocycles. The van der Waals surface area contributed by atoms with Gasteiger partial charge in [0.15, 0.2) is 12.6 Å². The third-order valence-corrected chi connectivity index (χ3v) is 5.31. The molecule has 0 spiro atoms. The van der Waals surface area contributed by atoms with Crippen molar-refractivity contribution < 1.29 is 33.3 Å². The van der Waals surface area contributed by atoms with Crippen molar-refractivity contribution in [1.29, 1.82) is 0 Å². The Morgan fingerprint density at radius 2 is 1.84 bits per heavy atom. The van der Waals surface area contributed by atoms with Gasteiger partial charge in [0.2, 0.25) is 0 Å². The highest BCUT2D eigenvalue weighted by atomic mass is 16.7. The molecule has 0 heterocycles. The fourth-order valence-corrected chi connectivity index (χ4v) is 3.66. The van der Waals surface area contributed by atoms with Crippen LogP contribution in [0.15, 0.2) is 24.3 Å². The second kappa shape index (κ2) is 14.9. The van der Waals surface area contributed by atoms with E-state index in [0.717, 1.165) is 12.8 Å². The van der Waals surface area contributed by atoms with Gasteiger partial charge in [0.05, 0.1) is 31.5 Å². The maximum atomic E-state index is 13.2. The average molecular weight is 437 g/mol. The first-order valence-electron chi connectivity index (χ1n) is 11.3. The van der Waals surface area contributed by atoms with Crippen molar-refractivity contribution in [1.82, 2.24) is 0 Å². The highest BCUT2D eigenvalue weighted by Crippen LogP contribution is 2.25. The van der Waals surface area contributed by atoms with Crippen LogP contribution in [0, 0.1) is 5.92 Å². The summed E-state index contributed by atoms with van der Waals surface area (Å²) < 4.78 is 27.0. The van der Waals surface area contributed by atoms with E-state index in [9.17, 15) is 9.59 Å². The minimum Gasteiger partial charge on any atom is -0.467 e. The van der Waals surface area contributed by atoms with Crippen LogP contribution in [0.2, 0.25) is 0 Å². The molecule has 0 amide bonds.